The van der Waals surface area contributed by atoms with Crippen molar-refractivity contribution in [1.29, 1.82) is 5.26 Å². The van der Waals surface area contributed by atoms with Crippen molar-refractivity contribution in [2.45, 2.75) is 70.5 Å². The van der Waals surface area contributed by atoms with Crippen LogP contribution < -0.4 is 5.32 Å². The predicted octanol–water partition coefficient (Wildman–Crippen LogP) is 2.53. The number of hydrogen-bond acceptors (Lipinski definition) is 3. The Morgan fingerprint density at radius 2 is 2.11 bits per heavy atom. The molecular weight excluding hydrogens is 222 g/mol. The van der Waals surface area contributed by atoms with E-state index in [0.717, 1.165) is 25.9 Å². The number of hydrogen-bond donors (Lipinski definition) is 1. The Morgan fingerprint density at radius 1 is 1.39 bits per heavy atom. The van der Waals surface area contributed by atoms with E-state index in [0.29, 0.717) is 18.0 Å². The molecule has 0 aromatic heterocycles. The normalized spacial score (nSPS) is 32.1. The molecule has 0 bridgehead atoms. The summed E-state index contributed by atoms with van der Waals surface area (Å²) in [7, 11) is 0. The maximum Gasteiger partial charge on any atom is 0.108 e. The predicted molar refractivity (Wildman–Crippen MR) is 74.2 cm³/mol. The van der Waals surface area contributed by atoms with Crippen LogP contribution in [-0.4, -0.2) is 35.6 Å². The van der Waals surface area contributed by atoms with Gasteiger partial charge in [0.2, 0.25) is 0 Å². The van der Waals surface area contributed by atoms with E-state index in [1.54, 1.807) is 0 Å². The summed E-state index contributed by atoms with van der Waals surface area (Å²) in [5.74, 6) is 0.707. The smallest absolute Gasteiger partial charge is 0.108 e. The molecule has 1 N–H and O–H groups in total. The van der Waals surface area contributed by atoms with Crippen molar-refractivity contribution < 1.29 is 0 Å². The Hall–Kier alpha value is -0.590. The van der Waals surface area contributed by atoms with E-state index in [9.17, 15) is 5.26 Å². The van der Waals surface area contributed by atoms with Gasteiger partial charge in [-0.2, -0.15) is 5.26 Å². The fourth-order valence-corrected chi connectivity index (χ4v) is 3.22. The number of nitrogens with one attached hydrogen (secondary N) is 1. The lowest BCUT2D eigenvalue weighted by Gasteiger charge is -2.30. The molecule has 2 aliphatic carbocycles. The number of nitriles is 1. The molecule has 3 heteroatoms. The van der Waals surface area contributed by atoms with Crippen LogP contribution in [-0.2, 0) is 0 Å². The summed E-state index contributed by atoms with van der Waals surface area (Å²) in [5, 5.41) is 13.1. The van der Waals surface area contributed by atoms with Gasteiger partial charge in [0, 0.05) is 18.6 Å². The van der Waals surface area contributed by atoms with Crippen LogP contribution in [0.4, 0.5) is 0 Å². The van der Waals surface area contributed by atoms with Crippen molar-refractivity contribution in [3.8, 4) is 6.07 Å². The standard InChI is InChI=1S/C15H27N3/c1-4-18(10-12(2)3)14-7-8-15(9-14,11-16)17-13-5-6-13/h12-14,17H,4-10H2,1-3H3. The number of nitrogens with zero attached hydrogens (tertiary/aromatic N) is 2. The van der Waals surface area contributed by atoms with E-state index < -0.39 is 0 Å². The quantitative estimate of drug-likeness (QED) is 0.786. The van der Waals surface area contributed by atoms with Crippen LogP contribution in [0, 0.1) is 17.2 Å². The Balaban J connectivity index is 1.94. The molecule has 0 radical (unpaired) electrons. The van der Waals surface area contributed by atoms with Gasteiger partial charge in [-0.1, -0.05) is 20.8 Å². The summed E-state index contributed by atoms with van der Waals surface area (Å²) in [6.45, 7) is 9.05. The van der Waals surface area contributed by atoms with Crippen LogP contribution in [0.2, 0.25) is 0 Å². The van der Waals surface area contributed by atoms with Gasteiger partial charge >= 0.3 is 0 Å². The van der Waals surface area contributed by atoms with Crippen LogP contribution in [0.3, 0.4) is 0 Å². The third kappa shape index (κ3) is 3.24. The van der Waals surface area contributed by atoms with Gasteiger partial charge in [0.25, 0.3) is 0 Å². The van der Waals surface area contributed by atoms with Crippen molar-refractivity contribution in [3.63, 3.8) is 0 Å². The van der Waals surface area contributed by atoms with Crippen molar-refractivity contribution >= 4 is 0 Å². The van der Waals surface area contributed by atoms with Crippen molar-refractivity contribution in [2.75, 3.05) is 13.1 Å². The number of rotatable bonds is 6. The lowest BCUT2D eigenvalue weighted by atomic mass is 9.99. The maximum absolute atomic E-state index is 9.52. The van der Waals surface area contributed by atoms with Crippen molar-refractivity contribution in [2.24, 2.45) is 5.92 Å². The summed E-state index contributed by atoms with van der Waals surface area (Å²) in [4.78, 5) is 2.57. The topological polar surface area (TPSA) is 39.1 Å². The lowest BCUT2D eigenvalue weighted by Crippen LogP contribution is -2.45. The molecule has 0 heterocycles. The van der Waals surface area contributed by atoms with Gasteiger partial charge in [0.15, 0.2) is 0 Å². The van der Waals surface area contributed by atoms with E-state index in [1.807, 2.05) is 0 Å². The van der Waals surface area contributed by atoms with E-state index in [2.05, 4.69) is 37.1 Å². The van der Waals surface area contributed by atoms with Crippen molar-refractivity contribution in [1.82, 2.24) is 10.2 Å². The second kappa shape index (κ2) is 5.59. The highest BCUT2D eigenvalue weighted by atomic mass is 15.2. The van der Waals surface area contributed by atoms with Gasteiger partial charge in [-0.3, -0.25) is 5.32 Å². The van der Waals surface area contributed by atoms with Crippen LogP contribution in [0.15, 0.2) is 0 Å². The molecular formula is C15H27N3. The van der Waals surface area contributed by atoms with Crippen LogP contribution >= 0.6 is 0 Å². The first-order chi connectivity index (χ1) is 8.58. The Kier molecular flexibility index (Phi) is 4.29. The van der Waals surface area contributed by atoms with Gasteiger partial charge in [-0.15, -0.1) is 0 Å². The summed E-state index contributed by atoms with van der Waals surface area (Å²) in [6.07, 6.45) is 5.74. The minimum Gasteiger partial charge on any atom is -0.300 e. The summed E-state index contributed by atoms with van der Waals surface area (Å²) < 4.78 is 0. The minimum atomic E-state index is -0.226. The SMILES string of the molecule is CCN(CC(C)C)C1CCC(C#N)(NC2CC2)C1. The van der Waals surface area contributed by atoms with E-state index in [1.165, 1.54) is 19.3 Å². The summed E-state index contributed by atoms with van der Waals surface area (Å²) in [6, 6.07) is 3.80. The first kappa shape index (κ1) is 13.8. The molecule has 2 fully saturated rings. The molecule has 0 amide bonds. The molecule has 0 spiro atoms. The first-order valence-electron chi connectivity index (χ1n) is 7.51. The molecule has 2 saturated carbocycles. The average molecular weight is 249 g/mol. The van der Waals surface area contributed by atoms with Gasteiger partial charge in [0.1, 0.15) is 5.54 Å². The van der Waals surface area contributed by atoms with E-state index in [4.69, 9.17) is 0 Å². The molecule has 0 aromatic rings. The molecule has 2 atom stereocenters. The second-order valence-corrected chi connectivity index (χ2v) is 6.49. The summed E-state index contributed by atoms with van der Waals surface area (Å²) in [5.41, 5.74) is -0.226. The largest absolute Gasteiger partial charge is 0.300 e. The zero-order valence-electron chi connectivity index (χ0n) is 12.1. The van der Waals surface area contributed by atoms with E-state index in [-0.39, 0.29) is 5.54 Å². The Labute approximate surface area is 112 Å². The average Bonchev–Trinajstić information content (AvgIpc) is 3.04. The monoisotopic (exact) mass is 249 g/mol. The fourth-order valence-electron chi connectivity index (χ4n) is 3.22. The lowest BCUT2D eigenvalue weighted by molar-refractivity contribution is 0.180. The van der Waals surface area contributed by atoms with Gasteiger partial charge in [-0.05, 0) is 44.6 Å². The van der Waals surface area contributed by atoms with E-state index >= 15 is 0 Å². The molecule has 0 aromatic carbocycles. The van der Waals surface area contributed by atoms with Gasteiger partial charge in [0.05, 0.1) is 6.07 Å². The van der Waals surface area contributed by atoms with Gasteiger partial charge < -0.3 is 4.90 Å². The minimum absolute atomic E-state index is 0.226. The molecule has 0 saturated heterocycles. The molecule has 102 valence electrons. The first-order valence-corrected chi connectivity index (χ1v) is 7.51. The Morgan fingerprint density at radius 3 is 2.61 bits per heavy atom. The third-order valence-electron chi connectivity index (χ3n) is 4.28. The molecule has 2 aliphatic rings. The molecule has 0 aliphatic heterocycles. The van der Waals surface area contributed by atoms with Crippen molar-refractivity contribution in [3.05, 3.63) is 0 Å². The molecule has 2 rings (SSSR count). The van der Waals surface area contributed by atoms with Crippen LogP contribution in [0.25, 0.3) is 0 Å². The fraction of sp³-hybridized carbons (Fsp3) is 0.933. The van der Waals surface area contributed by atoms with Crippen LogP contribution in [0.1, 0.15) is 52.9 Å². The highest BCUT2D eigenvalue weighted by Gasteiger charge is 2.44. The maximum atomic E-state index is 9.52. The third-order valence-corrected chi connectivity index (χ3v) is 4.28. The summed E-state index contributed by atoms with van der Waals surface area (Å²) >= 11 is 0. The highest BCUT2D eigenvalue weighted by molar-refractivity contribution is 5.15. The highest BCUT2D eigenvalue weighted by Crippen LogP contribution is 2.36. The molecule has 18 heavy (non-hydrogen) atoms. The zero-order valence-corrected chi connectivity index (χ0v) is 12.1. The Bertz CT molecular complexity index is 316. The second-order valence-electron chi connectivity index (χ2n) is 6.49. The molecule has 3 nitrogen and oxygen atoms in total. The van der Waals surface area contributed by atoms with Gasteiger partial charge in [-0.25, -0.2) is 0 Å². The zero-order chi connectivity index (χ0) is 13.2. The van der Waals surface area contributed by atoms with Crippen LogP contribution in [0.5, 0.6) is 0 Å². The molecule has 2 unspecified atom stereocenters.